The first-order chi connectivity index (χ1) is 4.83. The molecule has 1 rings (SSSR count). The summed E-state index contributed by atoms with van der Waals surface area (Å²) in [4.78, 5) is 13.7. The Morgan fingerprint density at radius 2 is 2.50 bits per heavy atom. The number of ketones is 1. The van der Waals surface area contributed by atoms with E-state index in [1.807, 2.05) is 17.7 Å². The van der Waals surface area contributed by atoms with Gasteiger partial charge in [-0.15, -0.1) is 0 Å². The van der Waals surface area contributed by atoms with E-state index in [4.69, 9.17) is 0 Å². The number of nitrogens with one attached hydrogen (secondary N) is 1. The first-order valence-corrected chi connectivity index (χ1v) is 3.36. The van der Waals surface area contributed by atoms with Crippen LogP contribution in [0, 0.1) is 0 Å². The van der Waals surface area contributed by atoms with Crippen molar-refractivity contribution in [3.05, 3.63) is 18.7 Å². The van der Waals surface area contributed by atoms with Gasteiger partial charge in [0.05, 0.1) is 0 Å². The summed E-state index contributed by atoms with van der Waals surface area (Å²) in [5.74, 6) is 0.254. The molecule has 1 aromatic rings. The Balaban J connectivity index is 2.48. The number of Topliss-reactive ketones (excluding diaryl/α,β-unsaturated/α-hetero) is 1. The van der Waals surface area contributed by atoms with E-state index in [0.29, 0.717) is 13.0 Å². The minimum Gasteiger partial charge on any atom is -0.295 e. The van der Waals surface area contributed by atoms with Gasteiger partial charge >= 0.3 is 0 Å². The van der Waals surface area contributed by atoms with Crippen molar-refractivity contribution >= 4 is 5.78 Å². The molecule has 3 heteroatoms. The van der Waals surface area contributed by atoms with E-state index in [-0.39, 0.29) is 5.78 Å². The lowest BCUT2D eigenvalue weighted by molar-refractivity contribution is -0.682. The minimum atomic E-state index is 0.254. The van der Waals surface area contributed by atoms with Crippen molar-refractivity contribution in [2.75, 3.05) is 0 Å². The molecule has 0 fully saturated rings. The van der Waals surface area contributed by atoms with Gasteiger partial charge in [0.15, 0.2) is 5.78 Å². The highest BCUT2D eigenvalue weighted by atomic mass is 16.1. The maximum absolute atomic E-state index is 10.8. The Morgan fingerprint density at radius 3 is 3.00 bits per heavy atom. The van der Waals surface area contributed by atoms with E-state index < -0.39 is 0 Å². The molecule has 0 atom stereocenters. The third kappa shape index (κ3) is 1.69. The highest BCUT2D eigenvalue weighted by Crippen LogP contribution is 1.79. The SMILES string of the molecule is CCC(=O)C[n+]1cc[nH]c1. The lowest BCUT2D eigenvalue weighted by atomic mass is 10.3. The fraction of sp³-hybridized carbons (Fsp3) is 0.429. The molecule has 0 aromatic carbocycles. The van der Waals surface area contributed by atoms with Crippen LogP contribution in [0.5, 0.6) is 0 Å². The summed E-state index contributed by atoms with van der Waals surface area (Å²) in [5.41, 5.74) is 0. The molecule has 3 nitrogen and oxygen atoms in total. The monoisotopic (exact) mass is 139 g/mol. The molecule has 0 radical (unpaired) electrons. The van der Waals surface area contributed by atoms with Gasteiger partial charge in [-0.1, -0.05) is 6.92 Å². The van der Waals surface area contributed by atoms with Gasteiger partial charge in [-0.25, -0.2) is 4.57 Å². The van der Waals surface area contributed by atoms with Crippen LogP contribution in [0.15, 0.2) is 18.7 Å². The van der Waals surface area contributed by atoms with Crippen LogP contribution in [0.25, 0.3) is 0 Å². The van der Waals surface area contributed by atoms with Gasteiger partial charge in [-0.3, -0.25) is 9.78 Å². The first kappa shape index (κ1) is 6.99. The third-order valence-electron chi connectivity index (χ3n) is 1.36. The normalized spacial score (nSPS) is 9.70. The molecule has 0 aliphatic heterocycles. The van der Waals surface area contributed by atoms with Crippen LogP contribution in [0.2, 0.25) is 0 Å². The largest absolute Gasteiger partial charge is 0.295 e. The average molecular weight is 139 g/mol. The third-order valence-corrected chi connectivity index (χ3v) is 1.36. The van der Waals surface area contributed by atoms with Crippen molar-refractivity contribution in [1.29, 1.82) is 0 Å². The van der Waals surface area contributed by atoms with Gasteiger partial charge in [-0.05, 0) is 0 Å². The summed E-state index contributed by atoms with van der Waals surface area (Å²) >= 11 is 0. The number of carbonyl (C=O) groups excluding carboxylic acids is 1. The van der Waals surface area contributed by atoms with Crippen LogP contribution in [0.1, 0.15) is 13.3 Å². The molecule has 54 valence electrons. The number of hydrogen-bond acceptors (Lipinski definition) is 1. The first-order valence-electron chi connectivity index (χ1n) is 3.36. The molecule has 10 heavy (non-hydrogen) atoms. The van der Waals surface area contributed by atoms with Crippen molar-refractivity contribution in [2.45, 2.75) is 19.9 Å². The zero-order chi connectivity index (χ0) is 7.40. The van der Waals surface area contributed by atoms with Gasteiger partial charge in [0.25, 0.3) is 0 Å². The number of hydrogen-bond donors (Lipinski definition) is 1. The lowest BCUT2D eigenvalue weighted by Gasteiger charge is -1.90. The predicted octanol–water partition coefficient (Wildman–Crippen LogP) is 0.281. The van der Waals surface area contributed by atoms with Crippen LogP contribution in [0.3, 0.4) is 0 Å². The van der Waals surface area contributed by atoms with Gasteiger partial charge in [0.1, 0.15) is 18.9 Å². The maximum Gasteiger partial charge on any atom is 0.241 e. The van der Waals surface area contributed by atoms with E-state index in [9.17, 15) is 4.79 Å². The van der Waals surface area contributed by atoms with Crippen LogP contribution in [-0.4, -0.2) is 10.8 Å². The van der Waals surface area contributed by atoms with Crippen LogP contribution in [-0.2, 0) is 11.3 Å². The molecule has 0 saturated carbocycles. The molecule has 0 aliphatic rings. The second-order valence-electron chi connectivity index (χ2n) is 2.18. The number of rotatable bonds is 3. The molecule has 0 unspecified atom stereocenters. The van der Waals surface area contributed by atoms with Crippen LogP contribution >= 0.6 is 0 Å². The summed E-state index contributed by atoms with van der Waals surface area (Å²) in [6.45, 7) is 2.36. The van der Waals surface area contributed by atoms with Crippen LogP contribution < -0.4 is 4.57 Å². The number of H-pyrrole nitrogens is 1. The summed E-state index contributed by atoms with van der Waals surface area (Å²) in [6.07, 6.45) is 6.02. The number of aromatic nitrogens is 2. The molecule has 1 N–H and O–H groups in total. The highest BCUT2D eigenvalue weighted by Gasteiger charge is 2.02. The zero-order valence-corrected chi connectivity index (χ0v) is 6.00. The maximum atomic E-state index is 10.8. The van der Waals surface area contributed by atoms with E-state index in [1.165, 1.54) is 0 Å². The van der Waals surface area contributed by atoms with Gasteiger partial charge < -0.3 is 0 Å². The molecule has 1 aromatic heterocycles. The summed E-state index contributed by atoms with van der Waals surface area (Å²) in [5, 5.41) is 0. The Morgan fingerprint density at radius 1 is 1.70 bits per heavy atom. The standard InChI is InChI=1S/C7H10N2O/c1-2-7(10)5-9-4-3-8-6-9/h3-4,6H,2,5H2,1H3/p+1. The highest BCUT2D eigenvalue weighted by molar-refractivity contribution is 5.76. The Bertz CT molecular complexity index is 203. The predicted molar refractivity (Wildman–Crippen MR) is 36.3 cm³/mol. The summed E-state index contributed by atoms with van der Waals surface area (Å²) in [7, 11) is 0. The van der Waals surface area contributed by atoms with Gasteiger partial charge in [0.2, 0.25) is 6.33 Å². The van der Waals surface area contributed by atoms with Crippen molar-refractivity contribution in [3.8, 4) is 0 Å². The Kier molecular flexibility index (Phi) is 2.20. The summed E-state index contributed by atoms with van der Waals surface area (Å²) < 4.78 is 1.83. The molecule has 0 amide bonds. The number of imidazole rings is 1. The second kappa shape index (κ2) is 3.15. The molecule has 0 bridgehead atoms. The molecule has 0 spiro atoms. The minimum absolute atomic E-state index is 0.254. The molecule has 1 heterocycles. The second-order valence-corrected chi connectivity index (χ2v) is 2.18. The average Bonchev–Trinajstić information content (AvgIpc) is 2.40. The lowest BCUT2D eigenvalue weighted by Crippen LogP contribution is -2.34. The quantitative estimate of drug-likeness (QED) is 0.600. The fourth-order valence-electron chi connectivity index (χ4n) is 0.734. The van der Waals surface area contributed by atoms with Crippen molar-refractivity contribution in [2.24, 2.45) is 0 Å². The molecular weight excluding hydrogens is 128 g/mol. The number of nitrogens with zero attached hydrogens (tertiary/aromatic N) is 1. The Hall–Kier alpha value is -1.12. The van der Waals surface area contributed by atoms with Gasteiger partial charge in [-0.2, -0.15) is 0 Å². The van der Waals surface area contributed by atoms with E-state index in [0.717, 1.165) is 0 Å². The smallest absolute Gasteiger partial charge is 0.241 e. The van der Waals surface area contributed by atoms with Crippen molar-refractivity contribution in [3.63, 3.8) is 0 Å². The molecule has 0 saturated heterocycles. The van der Waals surface area contributed by atoms with E-state index >= 15 is 0 Å². The van der Waals surface area contributed by atoms with E-state index in [1.54, 1.807) is 12.5 Å². The van der Waals surface area contributed by atoms with Gasteiger partial charge in [0, 0.05) is 6.42 Å². The number of aromatic amines is 1. The molecular formula is C7H11N2O+. The van der Waals surface area contributed by atoms with E-state index in [2.05, 4.69) is 4.98 Å². The summed E-state index contributed by atoms with van der Waals surface area (Å²) in [6, 6.07) is 0. The Labute approximate surface area is 59.7 Å². The number of carbonyl (C=O) groups is 1. The van der Waals surface area contributed by atoms with Crippen LogP contribution in [0.4, 0.5) is 0 Å². The topological polar surface area (TPSA) is 36.7 Å². The molecule has 0 aliphatic carbocycles. The zero-order valence-electron chi connectivity index (χ0n) is 6.00. The fourth-order valence-corrected chi connectivity index (χ4v) is 0.734. The van der Waals surface area contributed by atoms with Crippen molar-refractivity contribution < 1.29 is 9.36 Å². The van der Waals surface area contributed by atoms with Crippen molar-refractivity contribution in [1.82, 2.24) is 4.98 Å².